The summed E-state index contributed by atoms with van der Waals surface area (Å²) < 4.78 is 6.31. The first-order valence-electron chi connectivity index (χ1n) is 16.7. The average molecular weight is 609 g/mol. The maximum Gasteiger partial charge on any atom is 0.136 e. The number of benzene rings is 7. The van der Waals surface area contributed by atoms with Crippen LogP contribution in [0.1, 0.15) is 44.5 Å². The quantitative estimate of drug-likeness (QED) is 0.182. The normalized spacial score (nSPS) is 11.8. The van der Waals surface area contributed by atoms with Crippen molar-refractivity contribution < 1.29 is 4.42 Å². The summed E-state index contributed by atoms with van der Waals surface area (Å²) in [6.07, 6.45) is 0. The minimum absolute atomic E-state index is 0.923. The predicted molar refractivity (Wildman–Crippen MR) is 203 cm³/mol. The molecule has 0 saturated heterocycles. The lowest BCUT2D eigenvalue weighted by molar-refractivity contribution is 0.669. The van der Waals surface area contributed by atoms with Crippen molar-refractivity contribution in [3.8, 4) is 33.4 Å². The molecule has 0 N–H and O–H groups in total. The molecule has 1 nitrogen and oxygen atoms in total. The molecular formula is C46H40O. The Hall–Kier alpha value is -5.14. The molecule has 0 saturated carbocycles. The van der Waals surface area contributed by atoms with Crippen molar-refractivity contribution in [2.75, 3.05) is 0 Å². The number of furan rings is 1. The minimum Gasteiger partial charge on any atom is -0.456 e. The fraction of sp³-hybridized carbons (Fsp3) is 0.174. The molecule has 1 aromatic heterocycles. The Morgan fingerprint density at radius 3 is 1.38 bits per heavy atom. The van der Waals surface area contributed by atoms with E-state index in [1.807, 2.05) is 6.07 Å². The highest BCUT2D eigenvalue weighted by atomic mass is 16.3. The molecule has 0 aliphatic rings. The van der Waals surface area contributed by atoms with E-state index in [1.54, 1.807) is 0 Å². The van der Waals surface area contributed by atoms with Gasteiger partial charge in [0.15, 0.2) is 0 Å². The van der Waals surface area contributed by atoms with Crippen LogP contribution in [0.25, 0.3) is 76.9 Å². The van der Waals surface area contributed by atoms with Gasteiger partial charge in [0.25, 0.3) is 0 Å². The largest absolute Gasteiger partial charge is 0.456 e. The van der Waals surface area contributed by atoms with Crippen LogP contribution in [0, 0.1) is 55.4 Å². The number of fused-ring (bicyclic) bond motifs is 5. The number of aryl methyl sites for hydroxylation is 4. The molecule has 230 valence electrons. The smallest absolute Gasteiger partial charge is 0.136 e. The monoisotopic (exact) mass is 608 g/mol. The first-order valence-corrected chi connectivity index (χ1v) is 16.7. The maximum atomic E-state index is 6.31. The SMILES string of the molecule is Cc1c(C)c(C)c2c(-c3cccc(-c4cccc5oc6ccccc6c45)c3)c3c(C)c(C)c(C)c(C)c3c(-c3ccccc3)c2c1C. The zero-order valence-corrected chi connectivity index (χ0v) is 28.6. The van der Waals surface area contributed by atoms with E-state index in [-0.39, 0.29) is 0 Å². The zero-order chi connectivity index (χ0) is 32.7. The summed E-state index contributed by atoms with van der Waals surface area (Å²) in [5.74, 6) is 0. The molecule has 0 radical (unpaired) electrons. The minimum atomic E-state index is 0.923. The molecule has 0 atom stereocenters. The molecular weight excluding hydrogens is 569 g/mol. The Balaban J connectivity index is 1.58. The van der Waals surface area contributed by atoms with Gasteiger partial charge < -0.3 is 4.42 Å². The van der Waals surface area contributed by atoms with Gasteiger partial charge in [0.05, 0.1) is 0 Å². The van der Waals surface area contributed by atoms with E-state index in [2.05, 4.69) is 146 Å². The van der Waals surface area contributed by atoms with Gasteiger partial charge in [-0.25, -0.2) is 0 Å². The zero-order valence-electron chi connectivity index (χ0n) is 28.6. The van der Waals surface area contributed by atoms with Gasteiger partial charge in [0, 0.05) is 10.8 Å². The van der Waals surface area contributed by atoms with Crippen molar-refractivity contribution in [2.24, 2.45) is 0 Å². The summed E-state index contributed by atoms with van der Waals surface area (Å²) in [6, 6.07) is 35.1. The Kier molecular flexibility index (Phi) is 6.67. The summed E-state index contributed by atoms with van der Waals surface area (Å²) in [7, 11) is 0. The van der Waals surface area contributed by atoms with E-state index in [9.17, 15) is 0 Å². The second-order valence-corrected chi connectivity index (χ2v) is 13.5. The molecule has 1 heteroatoms. The highest BCUT2D eigenvalue weighted by molar-refractivity contribution is 6.25. The standard InChI is InChI=1S/C46H40O/c1-25-27(3)31(7)42-40(29(25)5)44(33-16-10-9-11-17-33)41-30(6)26(2)28(4)32(8)43(41)45(42)35-19-14-18-34(24-35)36-21-15-23-39-46(36)37-20-12-13-22-38(37)47-39/h9-24H,1-8H3. The Morgan fingerprint density at radius 2 is 0.787 bits per heavy atom. The third-order valence-corrected chi connectivity index (χ3v) is 11.3. The molecule has 0 aliphatic carbocycles. The van der Waals surface area contributed by atoms with Gasteiger partial charge in [0.1, 0.15) is 11.2 Å². The second kappa shape index (κ2) is 10.7. The van der Waals surface area contributed by atoms with Crippen LogP contribution >= 0.6 is 0 Å². The van der Waals surface area contributed by atoms with Crippen LogP contribution in [-0.4, -0.2) is 0 Å². The lowest BCUT2D eigenvalue weighted by atomic mass is 9.76. The molecule has 1 heterocycles. The van der Waals surface area contributed by atoms with Gasteiger partial charge in [-0.1, -0.05) is 78.9 Å². The van der Waals surface area contributed by atoms with Crippen LogP contribution in [0.5, 0.6) is 0 Å². The van der Waals surface area contributed by atoms with E-state index in [4.69, 9.17) is 4.42 Å². The van der Waals surface area contributed by atoms with Crippen LogP contribution in [0.4, 0.5) is 0 Å². The molecule has 0 unspecified atom stereocenters. The van der Waals surface area contributed by atoms with Gasteiger partial charge >= 0.3 is 0 Å². The van der Waals surface area contributed by atoms with Gasteiger partial charge in [-0.05, 0) is 173 Å². The van der Waals surface area contributed by atoms with Crippen LogP contribution in [0.15, 0.2) is 101 Å². The molecule has 0 spiro atoms. The number of para-hydroxylation sites is 1. The fourth-order valence-corrected chi connectivity index (χ4v) is 8.16. The highest BCUT2D eigenvalue weighted by Crippen LogP contribution is 2.51. The molecule has 0 amide bonds. The Morgan fingerprint density at radius 1 is 0.340 bits per heavy atom. The number of hydrogen-bond acceptors (Lipinski definition) is 1. The van der Waals surface area contributed by atoms with Crippen LogP contribution in [0.2, 0.25) is 0 Å². The van der Waals surface area contributed by atoms with E-state index < -0.39 is 0 Å². The second-order valence-electron chi connectivity index (χ2n) is 13.5. The lowest BCUT2D eigenvalue weighted by Gasteiger charge is -2.27. The molecule has 0 aliphatic heterocycles. The lowest BCUT2D eigenvalue weighted by Crippen LogP contribution is -2.03. The van der Waals surface area contributed by atoms with Crippen molar-refractivity contribution in [1.82, 2.24) is 0 Å². The summed E-state index contributed by atoms with van der Waals surface area (Å²) in [6.45, 7) is 18.5. The number of rotatable bonds is 3. The van der Waals surface area contributed by atoms with E-state index in [0.29, 0.717) is 0 Å². The predicted octanol–water partition coefficient (Wildman–Crippen LogP) is 13.4. The van der Waals surface area contributed by atoms with E-state index in [0.717, 1.165) is 16.6 Å². The van der Waals surface area contributed by atoms with Crippen LogP contribution < -0.4 is 0 Å². The van der Waals surface area contributed by atoms with Crippen molar-refractivity contribution >= 4 is 43.5 Å². The molecule has 8 rings (SSSR count). The third kappa shape index (κ3) is 4.16. The van der Waals surface area contributed by atoms with Crippen LogP contribution in [-0.2, 0) is 0 Å². The summed E-state index contributed by atoms with van der Waals surface area (Å²) in [5.41, 5.74) is 20.4. The molecule has 7 aromatic carbocycles. The fourth-order valence-electron chi connectivity index (χ4n) is 8.16. The topological polar surface area (TPSA) is 13.1 Å². The third-order valence-electron chi connectivity index (χ3n) is 11.3. The summed E-state index contributed by atoms with van der Waals surface area (Å²) in [4.78, 5) is 0. The van der Waals surface area contributed by atoms with Crippen molar-refractivity contribution in [1.29, 1.82) is 0 Å². The summed E-state index contributed by atoms with van der Waals surface area (Å²) >= 11 is 0. The van der Waals surface area contributed by atoms with Crippen LogP contribution in [0.3, 0.4) is 0 Å². The van der Waals surface area contributed by atoms with Gasteiger partial charge in [0.2, 0.25) is 0 Å². The highest BCUT2D eigenvalue weighted by Gasteiger charge is 2.26. The van der Waals surface area contributed by atoms with E-state index in [1.165, 1.54) is 105 Å². The average Bonchev–Trinajstić information content (AvgIpc) is 3.49. The first-order chi connectivity index (χ1) is 22.7. The van der Waals surface area contributed by atoms with Crippen molar-refractivity contribution in [3.63, 3.8) is 0 Å². The van der Waals surface area contributed by atoms with Gasteiger partial charge in [-0.3, -0.25) is 0 Å². The first kappa shape index (κ1) is 29.3. The van der Waals surface area contributed by atoms with E-state index >= 15 is 0 Å². The maximum absolute atomic E-state index is 6.31. The van der Waals surface area contributed by atoms with Crippen molar-refractivity contribution in [2.45, 2.75) is 55.4 Å². The van der Waals surface area contributed by atoms with Crippen molar-refractivity contribution in [3.05, 3.63) is 142 Å². The summed E-state index contributed by atoms with van der Waals surface area (Å²) in [5, 5.41) is 7.81. The molecule has 0 bridgehead atoms. The molecule has 8 aromatic rings. The van der Waals surface area contributed by atoms with Gasteiger partial charge in [-0.15, -0.1) is 0 Å². The molecule has 0 fully saturated rings. The molecule has 47 heavy (non-hydrogen) atoms. The Bertz CT molecular complexity index is 2500. The Labute approximate surface area is 277 Å². The van der Waals surface area contributed by atoms with Gasteiger partial charge in [-0.2, -0.15) is 0 Å². The number of hydrogen-bond donors (Lipinski definition) is 0.